The molecule has 1 aliphatic carbocycles. The van der Waals surface area contributed by atoms with Gasteiger partial charge < -0.3 is 10.6 Å². The zero-order chi connectivity index (χ0) is 19.2. The van der Waals surface area contributed by atoms with Crippen molar-refractivity contribution in [1.29, 1.82) is 0 Å². The van der Waals surface area contributed by atoms with Crippen LogP contribution in [0.15, 0.2) is 23.0 Å². The average Bonchev–Trinajstić information content (AvgIpc) is 2.93. The number of aromatic amines is 1. The molecule has 8 heteroatoms. The zero-order valence-electron chi connectivity index (χ0n) is 14.7. The number of H-pyrrole nitrogens is 1. The Labute approximate surface area is 160 Å². The summed E-state index contributed by atoms with van der Waals surface area (Å²) < 4.78 is 13.5. The third-order valence-electron chi connectivity index (χ3n) is 5.74. The van der Waals surface area contributed by atoms with Crippen LogP contribution in [0.5, 0.6) is 0 Å². The van der Waals surface area contributed by atoms with Crippen molar-refractivity contribution in [2.45, 2.75) is 37.5 Å². The summed E-state index contributed by atoms with van der Waals surface area (Å²) in [6.07, 6.45) is 3.14. The quantitative estimate of drug-likeness (QED) is 0.822. The number of hydrogen-bond donors (Lipinski definition) is 2. The summed E-state index contributed by atoms with van der Waals surface area (Å²) in [5.74, 6) is -0.357. The van der Waals surface area contributed by atoms with E-state index < -0.39 is 5.82 Å². The molecule has 27 heavy (non-hydrogen) atoms. The fourth-order valence-corrected chi connectivity index (χ4v) is 4.58. The molecule has 6 nitrogen and oxygen atoms in total. The number of hydrogen-bond acceptors (Lipinski definition) is 4. The molecule has 0 saturated carbocycles. The van der Waals surface area contributed by atoms with Crippen LogP contribution >= 0.6 is 11.6 Å². The second-order valence-corrected chi connectivity index (χ2v) is 7.83. The van der Waals surface area contributed by atoms with Crippen LogP contribution < -0.4 is 11.3 Å². The lowest BCUT2D eigenvalue weighted by Crippen LogP contribution is -2.45. The Morgan fingerprint density at radius 1 is 1.30 bits per heavy atom. The molecule has 1 aromatic carbocycles. The number of halogens is 2. The summed E-state index contributed by atoms with van der Waals surface area (Å²) in [5, 5.41) is 0.284. The zero-order valence-corrected chi connectivity index (χ0v) is 15.5. The Morgan fingerprint density at radius 2 is 2.04 bits per heavy atom. The molecule has 2 aliphatic rings. The lowest BCUT2D eigenvalue weighted by atomic mass is 9.76. The van der Waals surface area contributed by atoms with Gasteiger partial charge in [-0.3, -0.25) is 14.6 Å². The molecule has 0 unspecified atom stereocenters. The van der Waals surface area contributed by atoms with Crippen molar-refractivity contribution in [3.63, 3.8) is 0 Å². The maximum atomic E-state index is 13.5. The van der Waals surface area contributed by atoms with E-state index in [1.165, 1.54) is 12.1 Å². The van der Waals surface area contributed by atoms with Crippen molar-refractivity contribution < 1.29 is 9.18 Å². The SMILES string of the molecule is Nc1nc2c(c(=O)[nH]1)CCC21CCN(C(=O)Cc2cc(F)cc(Cl)c2)CC1. The summed E-state index contributed by atoms with van der Waals surface area (Å²) in [5.41, 5.74) is 7.48. The highest BCUT2D eigenvalue weighted by atomic mass is 35.5. The molecule has 2 heterocycles. The van der Waals surface area contributed by atoms with Crippen LogP contribution in [-0.4, -0.2) is 33.9 Å². The first kappa shape index (κ1) is 18.0. The van der Waals surface area contributed by atoms with Crippen molar-refractivity contribution >= 4 is 23.5 Å². The first-order valence-corrected chi connectivity index (χ1v) is 9.36. The van der Waals surface area contributed by atoms with Gasteiger partial charge in [0.05, 0.1) is 12.1 Å². The van der Waals surface area contributed by atoms with Crippen LogP contribution in [0, 0.1) is 5.82 Å². The van der Waals surface area contributed by atoms with E-state index in [9.17, 15) is 14.0 Å². The van der Waals surface area contributed by atoms with Gasteiger partial charge in [-0.1, -0.05) is 11.6 Å². The number of aromatic nitrogens is 2. The van der Waals surface area contributed by atoms with Gasteiger partial charge in [0.15, 0.2) is 0 Å². The van der Waals surface area contributed by atoms with Gasteiger partial charge in [0.1, 0.15) is 5.82 Å². The molecule has 1 spiro atoms. The van der Waals surface area contributed by atoms with Crippen molar-refractivity contribution in [3.05, 3.63) is 56.2 Å². The van der Waals surface area contributed by atoms with Gasteiger partial charge in [-0.05, 0) is 49.4 Å². The molecule has 3 N–H and O–H groups in total. The molecular formula is C19H20ClFN4O2. The summed E-state index contributed by atoms with van der Waals surface area (Å²) >= 11 is 5.86. The molecule has 0 radical (unpaired) electrons. The molecule has 0 bridgehead atoms. The van der Waals surface area contributed by atoms with Gasteiger partial charge in [0.25, 0.3) is 5.56 Å². The number of nitrogens with one attached hydrogen (secondary N) is 1. The molecule has 1 amide bonds. The van der Waals surface area contributed by atoms with Crippen LogP contribution in [0.1, 0.15) is 36.1 Å². The number of nitrogen functional groups attached to an aromatic ring is 1. The number of carbonyl (C=O) groups is 1. The lowest BCUT2D eigenvalue weighted by Gasteiger charge is -2.39. The van der Waals surface area contributed by atoms with Gasteiger partial charge in [-0.15, -0.1) is 0 Å². The van der Waals surface area contributed by atoms with Crippen LogP contribution in [0.3, 0.4) is 0 Å². The number of benzene rings is 1. The maximum Gasteiger partial charge on any atom is 0.255 e. The number of piperidine rings is 1. The summed E-state index contributed by atoms with van der Waals surface area (Å²) in [6, 6.07) is 4.17. The highest BCUT2D eigenvalue weighted by molar-refractivity contribution is 6.30. The van der Waals surface area contributed by atoms with Crippen molar-refractivity contribution in [2.24, 2.45) is 0 Å². The first-order valence-electron chi connectivity index (χ1n) is 8.98. The molecule has 1 saturated heterocycles. The Bertz CT molecular complexity index is 946. The normalized spacial score (nSPS) is 17.9. The van der Waals surface area contributed by atoms with E-state index in [-0.39, 0.29) is 34.3 Å². The molecule has 4 rings (SSSR count). The second kappa shape index (κ2) is 6.64. The predicted molar refractivity (Wildman–Crippen MR) is 100 cm³/mol. The Morgan fingerprint density at radius 3 is 2.74 bits per heavy atom. The van der Waals surface area contributed by atoms with E-state index in [0.29, 0.717) is 25.1 Å². The van der Waals surface area contributed by atoms with E-state index in [0.717, 1.165) is 30.5 Å². The second-order valence-electron chi connectivity index (χ2n) is 7.39. The standard InChI is InChI=1S/C19H20ClFN4O2/c20-12-7-11(8-13(21)10-12)9-15(26)25-5-3-19(4-6-25)2-1-14-16(19)23-18(22)24-17(14)27/h7-8,10H,1-6,9H2,(H3,22,23,24,27). The molecule has 1 aromatic heterocycles. The number of nitrogens with zero attached hydrogens (tertiary/aromatic N) is 2. The van der Waals surface area contributed by atoms with Crippen LogP contribution in [0.2, 0.25) is 5.02 Å². The smallest absolute Gasteiger partial charge is 0.255 e. The third-order valence-corrected chi connectivity index (χ3v) is 5.96. The molecular weight excluding hydrogens is 371 g/mol. The van der Waals surface area contributed by atoms with Crippen LogP contribution in [-0.2, 0) is 23.1 Å². The Hall–Kier alpha value is -2.41. The maximum absolute atomic E-state index is 13.5. The number of amides is 1. The third kappa shape index (κ3) is 3.32. The topological polar surface area (TPSA) is 92.1 Å². The van der Waals surface area contributed by atoms with Crippen molar-refractivity contribution in [3.8, 4) is 0 Å². The number of fused-ring (bicyclic) bond motifs is 2. The minimum atomic E-state index is -0.445. The lowest BCUT2D eigenvalue weighted by molar-refractivity contribution is -0.132. The number of nitrogens with two attached hydrogens (primary N) is 1. The molecule has 2 aromatic rings. The fraction of sp³-hybridized carbons (Fsp3) is 0.421. The minimum absolute atomic E-state index is 0.0527. The van der Waals surface area contributed by atoms with E-state index in [1.54, 1.807) is 11.0 Å². The summed E-state index contributed by atoms with van der Waals surface area (Å²) in [4.78, 5) is 33.5. The van der Waals surface area contributed by atoms with Gasteiger partial charge in [0.2, 0.25) is 11.9 Å². The highest BCUT2D eigenvalue weighted by Crippen LogP contribution is 2.44. The summed E-state index contributed by atoms with van der Waals surface area (Å²) in [6.45, 7) is 1.16. The van der Waals surface area contributed by atoms with Crippen molar-refractivity contribution in [2.75, 3.05) is 18.8 Å². The van der Waals surface area contributed by atoms with Crippen LogP contribution in [0.25, 0.3) is 0 Å². The minimum Gasteiger partial charge on any atom is -0.369 e. The van der Waals surface area contributed by atoms with Gasteiger partial charge in [0, 0.05) is 29.1 Å². The average molecular weight is 391 g/mol. The number of likely N-dealkylation sites (tertiary alicyclic amines) is 1. The molecule has 0 atom stereocenters. The number of rotatable bonds is 2. The number of anilines is 1. The monoisotopic (exact) mass is 390 g/mol. The predicted octanol–water partition coefficient (Wildman–Crippen LogP) is 2.19. The Balaban J connectivity index is 1.47. The Kier molecular flexibility index (Phi) is 4.42. The van der Waals surface area contributed by atoms with E-state index >= 15 is 0 Å². The summed E-state index contributed by atoms with van der Waals surface area (Å²) in [7, 11) is 0. The number of carbonyl (C=O) groups excluding carboxylic acids is 1. The van der Waals surface area contributed by atoms with Crippen LogP contribution in [0.4, 0.5) is 10.3 Å². The molecule has 1 aliphatic heterocycles. The van der Waals surface area contributed by atoms with Gasteiger partial charge >= 0.3 is 0 Å². The molecule has 142 valence electrons. The van der Waals surface area contributed by atoms with Crippen molar-refractivity contribution in [1.82, 2.24) is 14.9 Å². The van der Waals surface area contributed by atoms with Gasteiger partial charge in [-0.2, -0.15) is 0 Å². The highest BCUT2D eigenvalue weighted by Gasteiger charge is 2.44. The fourth-order valence-electron chi connectivity index (χ4n) is 4.34. The van der Waals surface area contributed by atoms with E-state index in [4.69, 9.17) is 17.3 Å². The van der Waals surface area contributed by atoms with E-state index in [2.05, 4.69) is 9.97 Å². The first-order chi connectivity index (χ1) is 12.9. The molecule has 1 fully saturated rings. The van der Waals surface area contributed by atoms with E-state index in [1.807, 2.05) is 0 Å². The largest absolute Gasteiger partial charge is 0.369 e. The van der Waals surface area contributed by atoms with Gasteiger partial charge in [-0.25, -0.2) is 9.37 Å².